The molecule has 0 bridgehead atoms. The predicted molar refractivity (Wildman–Crippen MR) is 111 cm³/mol. The van der Waals surface area contributed by atoms with Gasteiger partial charge in [0.1, 0.15) is 5.82 Å². The smallest absolute Gasteiger partial charge is 0.261 e. The summed E-state index contributed by atoms with van der Waals surface area (Å²) >= 11 is 0. The number of nitrogens with one attached hydrogen (secondary N) is 1. The molecule has 4 rings (SSSR count). The number of amides is 1. The first-order valence-corrected chi connectivity index (χ1v) is 11.4. The number of carbonyl (C=O) groups excluding carboxylic acids is 1. The van der Waals surface area contributed by atoms with E-state index in [9.17, 15) is 17.6 Å². The van der Waals surface area contributed by atoms with Crippen molar-refractivity contribution in [3.8, 4) is 0 Å². The number of benzene rings is 2. The van der Waals surface area contributed by atoms with E-state index >= 15 is 0 Å². The van der Waals surface area contributed by atoms with E-state index < -0.39 is 15.8 Å². The number of anilines is 1. The molecule has 0 spiro atoms. The number of nitrogens with zero attached hydrogens (tertiary/aromatic N) is 1. The summed E-state index contributed by atoms with van der Waals surface area (Å²) in [6.45, 7) is 4.99. The van der Waals surface area contributed by atoms with E-state index in [1.807, 2.05) is 7.05 Å². The van der Waals surface area contributed by atoms with E-state index in [1.54, 1.807) is 29.2 Å². The van der Waals surface area contributed by atoms with Crippen molar-refractivity contribution < 1.29 is 22.3 Å². The Bertz CT molecular complexity index is 1050. The zero-order valence-electron chi connectivity index (χ0n) is 17.1. The Kier molecular flexibility index (Phi) is 5.10. The minimum Gasteiger partial charge on any atom is -0.377 e. The van der Waals surface area contributed by atoms with E-state index in [4.69, 9.17) is 4.74 Å². The van der Waals surface area contributed by atoms with Gasteiger partial charge in [-0.15, -0.1) is 0 Å². The minimum atomic E-state index is -3.84. The third-order valence-corrected chi connectivity index (χ3v) is 7.68. The zero-order valence-corrected chi connectivity index (χ0v) is 17.9. The molecule has 2 aromatic rings. The van der Waals surface area contributed by atoms with Crippen LogP contribution in [0, 0.1) is 17.2 Å². The Morgan fingerprint density at radius 1 is 1.13 bits per heavy atom. The number of rotatable bonds is 5. The zero-order chi connectivity index (χ0) is 21.7. The van der Waals surface area contributed by atoms with Gasteiger partial charge in [-0.05, 0) is 55.0 Å². The van der Waals surface area contributed by atoms with E-state index in [1.165, 1.54) is 12.1 Å². The second-order valence-corrected chi connectivity index (χ2v) is 10.2. The standard InChI is InChI=1S/C22H25FN2O4S/c1-22(2)19(18-12-13-29-20(18)22)25(3)21(26)14-4-8-16(9-5-14)24-30(27,28)17-10-6-15(23)7-11-17/h4-11,18-20,24H,12-13H2,1-3H3/t18-,19+,20-/m0/s1. The van der Waals surface area contributed by atoms with Gasteiger partial charge in [0.2, 0.25) is 0 Å². The molecule has 3 atom stereocenters. The molecule has 1 saturated heterocycles. The Hall–Kier alpha value is -2.45. The number of hydrogen-bond acceptors (Lipinski definition) is 4. The molecule has 2 aromatic carbocycles. The molecule has 1 amide bonds. The van der Waals surface area contributed by atoms with Crippen LogP contribution in [0.5, 0.6) is 0 Å². The lowest BCUT2D eigenvalue weighted by Gasteiger charge is -2.57. The number of ether oxygens (including phenoxy) is 1. The van der Waals surface area contributed by atoms with Crippen LogP contribution in [0.3, 0.4) is 0 Å². The minimum absolute atomic E-state index is 0.0377. The van der Waals surface area contributed by atoms with Crippen molar-refractivity contribution in [2.24, 2.45) is 11.3 Å². The summed E-state index contributed by atoms with van der Waals surface area (Å²) in [5.41, 5.74) is 0.711. The SMILES string of the molecule is CN(C(=O)c1ccc(NS(=O)(=O)c2ccc(F)cc2)cc1)[C@@H]1[C@@H]2CCO[C@@H]2C1(C)C. The molecule has 1 saturated carbocycles. The predicted octanol–water partition coefficient (Wildman–Crippen LogP) is 3.51. The van der Waals surface area contributed by atoms with Gasteiger partial charge in [0, 0.05) is 42.3 Å². The topological polar surface area (TPSA) is 75.7 Å². The Morgan fingerprint density at radius 3 is 2.40 bits per heavy atom. The Labute approximate surface area is 176 Å². The van der Waals surface area contributed by atoms with Crippen LogP contribution in [0.2, 0.25) is 0 Å². The Morgan fingerprint density at radius 2 is 1.77 bits per heavy atom. The fourth-order valence-corrected chi connectivity index (χ4v) is 5.98. The maximum atomic E-state index is 13.0. The molecule has 2 fully saturated rings. The normalized spacial score (nSPS) is 24.6. The molecule has 8 heteroatoms. The van der Waals surface area contributed by atoms with Gasteiger partial charge in [-0.2, -0.15) is 0 Å². The maximum absolute atomic E-state index is 13.0. The molecular weight excluding hydrogens is 407 g/mol. The van der Waals surface area contributed by atoms with Crippen LogP contribution >= 0.6 is 0 Å². The molecule has 2 aliphatic rings. The van der Waals surface area contributed by atoms with E-state index in [0.717, 1.165) is 25.2 Å². The highest BCUT2D eigenvalue weighted by atomic mass is 32.2. The quantitative estimate of drug-likeness (QED) is 0.785. The van der Waals surface area contributed by atoms with Gasteiger partial charge in [-0.1, -0.05) is 13.8 Å². The van der Waals surface area contributed by atoms with Crippen LogP contribution in [-0.2, 0) is 14.8 Å². The molecular formula is C22H25FN2O4S. The maximum Gasteiger partial charge on any atom is 0.261 e. The highest BCUT2D eigenvalue weighted by Gasteiger charge is 2.61. The van der Waals surface area contributed by atoms with Gasteiger partial charge in [0.05, 0.1) is 11.0 Å². The lowest BCUT2D eigenvalue weighted by Crippen LogP contribution is -2.66. The molecule has 30 heavy (non-hydrogen) atoms. The summed E-state index contributed by atoms with van der Waals surface area (Å²) in [5, 5.41) is 0. The van der Waals surface area contributed by atoms with E-state index in [2.05, 4.69) is 18.6 Å². The monoisotopic (exact) mass is 432 g/mol. The largest absolute Gasteiger partial charge is 0.377 e. The van der Waals surface area contributed by atoms with Gasteiger partial charge < -0.3 is 9.64 Å². The summed E-state index contributed by atoms with van der Waals surface area (Å²) in [7, 11) is -2.03. The number of fused-ring (bicyclic) bond motifs is 1. The van der Waals surface area contributed by atoms with Crippen LogP contribution in [0.1, 0.15) is 30.6 Å². The van der Waals surface area contributed by atoms with Gasteiger partial charge in [-0.25, -0.2) is 12.8 Å². The molecule has 6 nitrogen and oxygen atoms in total. The van der Waals surface area contributed by atoms with Crippen LogP contribution in [-0.4, -0.2) is 45.0 Å². The van der Waals surface area contributed by atoms with E-state index in [-0.39, 0.29) is 28.4 Å². The molecule has 0 radical (unpaired) electrons. The summed E-state index contributed by atoms with van der Waals surface area (Å²) in [5.74, 6) is -0.256. The molecule has 1 N–H and O–H groups in total. The number of hydrogen-bond donors (Lipinski definition) is 1. The number of sulfonamides is 1. The summed E-state index contributed by atoms with van der Waals surface area (Å²) in [4.78, 5) is 14.8. The molecule has 160 valence electrons. The van der Waals surface area contributed by atoms with Crippen molar-refractivity contribution in [1.29, 1.82) is 0 Å². The van der Waals surface area contributed by atoms with Crippen LogP contribution in [0.4, 0.5) is 10.1 Å². The first-order valence-electron chi connectivity index (χ1n) is 9.88. The Balaban J connectivity index is 1.47. The highest BCUT2D eigenvalue weighted by Crippen LogP contribution is 2.54. The van der Waals surface area contributed by atoms with Crippen molar-refractivity contribution in [3.63, 3.8) is 0 Å². The average molecular weight is 433 g/mol. The first-order chi connectivity index (χ1) is 14.1. The summed E-state index contributed by atoms with van der Waals surface area (Å²) < 4.78 is 46.2. The van der Waals surface area contributed by atoms with Gasteiger partial charge in [0.15, 0.2) is 0 Å². The van der Waals surface area contributed by atoms with Crippen LogP contribution < -0.4 is 4.72 Å². The second kappa shape index (κ2) is 7.35. The van der Waals surface area contributed by atoms with Gasteiger partial charge >= 0.3 is 0 Å². The highest BCUT2D eigenvalue weighted by molar-refractivity contribution is 7.92. The lowest BCUT2D eigenvalue weighted by atomic mass is 9.56. The molecule has 0 aromatic heterocycles. The fraction of sp³-hybridized carbons (Fsp3) is 0.409. The summed E-state index contributed by atoms with van der Waals surface area (Å²) in [6.07, 6.45) is 1.15. The number of halogens is 1. The first kappa shape index (κ1) is 20.8. The third-order valence-electron chi connectivity index (χ3n) is 6.28. The van der Waals surface area contributed by atoms with Crippen LogP contribution in [0.15, 0.2) is 53.4 Å². The molecule has 1 aliphatic heterocycles. The molecule has 1 aliphatic carbocycles. The van der Waals surface area contributed by atoms with Crippen molar-refractivity contribution in [2.45, 2.75) is 37.3 Å². The van der Waals surface area contributed by atoms with Gasteiger partial charge in [-0.3, -0.25) is 9.52 Å². The number of carbonyl (C=O) groups is 1. The van der Waals surface area contributed by atoms with Crippen LogP contribution in [0.25, 0.3) is 0 Å². The third kappa shape index (κ3) is 3.48. The van der Waals surface area contributed by atoms with Crippen molar-refractivity contribution in [3.05, 3.63) is 59.9 Å². The van der Waals surface area contributed by atoms with Crippen molar-refractivity contribution in [2.75, 3.05) is 18.4 Å². The van der Waals surface area contributed by atoms with Crippen molar-refractivity contribution >= 4 is 21.6 Å². The van der Waals surface area contributed by atoms with E-state index in [0.29, 0.717) is 17.2 Å². The second-order valence-electron chi connectivity index (χ2n) is 8.56. The molecule has 1 heterocycles. The molecule has 0 unspecified atom stereocenters. The summed E-state index contributed by atoms with van der Waals surface area (Å²) in [6, 6.07) is 11.0. The fourth-order valence-electron chi connectivity index (χ4n) is 4.92. The average Bonchev–Trinajstić information content (AvgIpc) is 3.14. The lowest BCUT2D eigenvalue weighted by molar-refractivity contribution is -0.139. The van der Waals surface area contributed by atoms with Crippen molar-refractivity contribution in [1.82, 2.24) is 4.90 Å². The van der Waals surface area contributed by atoms with Gasteiger partial charge in [0.25, 0.3) is 15.9 Å².